The van der Waals surface area contributed by atoms with Crippen LogP contribution >= 0.6 is 15.9 Å². The third-order valence-electron chi connectivity index (χ3n) is 3.00. The summed E-state index contributed by atoms with van der Waals surface area (Å²) >= 11 is 3.12. The Kier molecular flexibility index (Phi) is 2.81. The molecule has 1 heterocycles. The maximum atomic E-state index is 13.4. The van der Waals surface area contributed by atoms with E-state index in [1.54, 1.807) is 6.07 Å². The largest absolute Gasteiger partial charge is 0.308 e. The average Bonchev–Trinajstić information content (AvgIpc) is 2.62. The lowest BCUT2D eigenvalue weighted by Gasteiger charge is -2.26. The van der Waals surface area contributed by atoms with Crippen molar-refractivity contribution in [3.63, 3.8) is 0 Å². The first-order valence-electron chi connectivity index (χ1n) is 4.93. The number of halogens is 3. The molecule has 2 rings (SSSR count). The van der Waals surface area contributed by atoms with Gasteiger partial charge in [-0.2, -0.15) is 0 Å². The first kappa shape index (κ1) is 11.0. The zero-order valence-corrected chi connectivity index (χ0v) is 10.00. The summed E-state index contributed by atoms with van der Waals surface area (Å²) in [5.41, 5.74) is 0.548. The minimum Gasteiger partial charge on any atom is -0.308 e. The molecule has 1 fully saturated rings. The molecule has 1 aromatic carbocycles. The van der Waals surface area contributed by atoms with Crippen LogP contribution in [0, 0.1) is 11.6 Å². The molecule has 0 bridgehead atoms. The van der Waals surface area contributed by atoms with Crippen LogP contribution < -0.4 is 5.32 Å². The van der Waals surface area contributed by atoms with Crippen molar-refractivity contribution in [1.29, 1.82) is 0 Å². The van der Waals surface area contributed by atoms with Gasteiger partial charge in [0.15, 0.2) is 11.6 Å². The molecular formula is C11H12BrF2N. The van der Waals surface area contributed by atoms with Gasteiger partial charge in [0.1, 0.15) is 0 Å². The van der Waals surface area contributed by atoms with Crippen LogP contribution in [0.2, 0.25) is 0 Å². The molecule has 1 unspecified atom stereocenters. The van der Waals surface area contributed by atoms with Gasteiger partial charge in [-0.15, -0.1) is 0 Å². The number of hydrogen-bond donors (Lipinski definition) is 1. The van der Waals surface area contributed by atoms with Crippen LogP contribution in [0.15, 0.2) is 16.6 Å². The molecule has 0 amide bonds. The molecule has 1 N–H and O–H groups in total. The second-order valence-electron chi connectivity index (χ2n) is 4.09. The fourth-order valence-corrected chi connectivity index (χ4v) is 2.84. The molecule has 1 saturated heterocycles. The summed E-state index contributed by atoms with van der Waals surface area (Å²) in [6.07, 6.45) is 2.00. The quantitative estimate of drug-likeness (QED) is 0.776. The second kappa shape index (κ2) is 3.83. The van der Waals surface area contributed by atoms with E-state index < -0.39 is 11.6 Å². The lowest BCUT2D eigenvalue weighted by atomic mass is 9.90. The summed E-state index contributed by atoms with van der Waals surface area (Å²) < 4.78 is 26.5. The Morgan fingerprint density at radius 2 is 2.13 bits per heavy atom. The van der Waals surface area contributed by atoms with Gasteiger partial charge in [-0.3, -0.25) is 0 Å². The Balaban J connectivity index is 2.49. The van der Waals surface area contributed by atoms with Gasteiger partial charge in [0.25, 0.3) is 0 Å². The summed E-state index contributed by atoms with van der Waals surface area (Å²) in [6, 6.07) is 2.82. The lowest BCUT2D eigenvalue weighted by molar-refractivity contribution is 0.423. The molecule has 1 aliphatic rings. The van der Waals surface area contributed by atoms with Gasteiger partial charge in [-0.1, -0.05) is 6.07 Å². The van der Waals surface area contributed by atoms with E-state index in [-0.39, 0.29) is 10.0 Å². The summed E-state index contributed by atoms with van der Waals surface area (Å²) in [6.45, 7) is 2.93. The number of hydrogen-bond acceptors (Lipinski definition) is 1. The normalized spacial score (nSPS) is 25.9. The number of nitrogens with one attached hydrogen (secondary N) is 1. The molecule has 0 spiro atoms. The van der Waals surface area contributed by atoms with Crippen LogP contribution in [-0.4, -0.2) is 6.54 Å². The Morgan fingerprint density at radius 1 is 1.40 bits per heavy atom. The molecule has 1 nitrogen and oxygen atoms in total. The summed E-state index contributed by atoms with van der Waals surface area (Å²) in [5, 5.41) is 3.32. The second-order valence-corrected chi connectivity index (χ2v) is 4.88. The summed E-state index contributed by atoms with van der Waals surface area (Å²) in [5.74, 6) is -1.62. The molecule has 82 valence electrons. The third kappa shape index (κ3) is 1.81. The summed E-state index contributed by atoms with van der Waals surface area (Å²) in [7, 11) is 0. The minimum absolute atomic E-state index is 0.236. The van der Waals surface area contributed by atoms with Crippen molar-refractivity contribution in [3.8, 4) is 0 Å². The third-order valence-corrected chi connectivity index (χ3v) is 3.77. The molecule has 1 atom stereocenters. The number of benzene rings is 1. The zero-order chi connectivity index (χ0) is 11.1. The molecule has 4 heteroatoms. The molecule has 15 heavy (non-hydrogen) atoms. The average molecular weight is 276 g/mol. The topological polar surface area (TPSA) is 12.0 Å². The van der Waals surface area contributed by atoms with Gasteiger partial charge in [-0.05, 0) is 53.9 Å². The smallest absolute Gasteiger partial charge is 0.173 e. The van der Waals surface area contributed by atoms with Crippen molar-refractivity contribution < 1.29 is 8.78 Å². The molecule has 0 aromatic heterocycles. The molecular weight excluding hydrogens is 264 g/mol. The van der Waals surface area contributed by atoms with Gasteiger partial charge < -0.3 is 5.32 Å². The van der Waals surface area contributed by atoms with E-state index in [0.29, 0.717) is 0 Å². The number of rotatable bonds is 1. The zero-order valence-electron chi connectivity index (χ0n) is 8.41. The van der Waals surface area contributed by atoms with Crippen LogP contribution in [0.4, 0.5) is 8.78 Å². The fourth-order valence-electron chi connectivity index (χ4n) is 2.08. The van der Waals surface area contributed by atoms with Gasteiger partial charge >= 0.3 is 0 Å². The fraction of sp³-hybridized carbons (Fsp3) is 0.455. The van der Waals surface area contributed by atoms with Crippen LogP contribution in [0.5, 0.6) is 0 Å². The van der Waals surface area contributed by atoms with Gasteiger partial charge in [-0.25, -0.2) is 8.78 Å². The van der Waals surface area contributed by atoms with Crippen molar-refractivity contribution >= 4 is 15.9 Å². The van der Waals surface area contributed by atoms with Gasteiger partial charge in [0.2, 0.25) is 0 Å². The molecule has 1 aromatic rings. The molecule has 1 aliphatic heterocycles. The lowest BCUT2D eigenvalue weighted by Crippen LogP contribution is -2.33. The molecule has 0 radical (unpaired) electrons. The highest BCUT2D eigenvalue weighted by Gasteiger charge is 2.33. The Labute approximate surface area is 96.0 Å². The highest BCUT2D eigenvalue weighted by atomic mass is 79.9. The van der Waals surface area contributed by atoms with E-state index in [1.165, 1.54) is 6.07 Å². The first-order valence-corrected chi connectivity index (χ1v) is 5.73. The van der Waals surface area contributed by atoms with Crippen LogP contribution in [0.1, 0.15) is 25.3 Å². The minimum atomic E-state index is -0.813. The first-order chi connectivity index (χ1) is 7.04. The predicted octanol–water partition coefficient (Wildman–Crippen LogP) is 3.33. The molecule has 0 saturated carbocycles. The van der Waals surface area contributed by atoms with E-state index in [0.717, 1.165) is 24.9 Å². The Morgan fingerprint density at radius 3 is 2.73 bits per heavy atom. The van der Waals surface area contributed by atoms with E-state index in [9.17, 15) is 8.78 Å². The maximum absolute atomic E-state index is 13.4. The Hall–Kier alpha value is -0.480. The predicted molar refractivity (Wildman–Crippen MR) is 58.6 cm³/mol. The van der Waals surface area contributed by atoms with Crippen molar-refractivity contribution in [2.24, 2.45) is 0 Å². The van der Waals surface area contributed by atoms with Crippen LogP contribution in [0.25, 0.3) is 0 Å². The van der Waals surface area contributed by atoms with E-state index in [4.69, 9.17) is 0 Å². The standard InChI is InChI=1S/C11H12BrF2N/c1-11(5-2-6-15-11)7-3-4-8(13)10(14)9(7)12/h3-4,15H,2,5-6H2,1H3. The van der Waals surface area contributed by atoms with Crippen molar-refractivity contribution in [2.45, 2.75) is 25.3 Å². The van der Waals surface area contributed by atoms with Gasteiger partial charge in [0.05, 0.1) is 4.47 Å². The SMILES string of the molecule is CC1(c2ccc(F)c(F)c2Br)CCCN1. The molecule has 0 aliphatic carbocycles. The van der Waals surface area contributed by atoms with Crippen molar-refractivity contribution in [1.82, 2.24) is 5.32 Å². The van der Waals surface area contributed by atoms with Crippen molar-refractivity contribution in [3.05, 3.63) is 33.8 Å². The maximum Gasteiger partial charge on any atom is 0.173 e. The highest BCUT2D eigenvalue weighted by Crippen LogP contribution is 2.36. The van der Waals surface area contributed by atoms with E-state index in [1.807, 2.05) is 6.92 Å². The highest BCUT2D eigenvalue weighted by molar-refractivity contribution is 9.10. The van der Waals surface area contributed by atoms with E-state index >= 15 is 0 Å². The van der Waals surface area contributed by atoms with Crippen LogP contribution in [-0.2, 0) is 5.54 Å². The monoisotopic (exact) mass is 275 g/mol. The van der Waals surface area contributed by atoms with Crippen LogP contribution in [0.3, 0.4) is 0 Å². The summed E-state index contributed by atoms with van der Waals surface area (Å²) in [4.78, 5) is 0. The van der Waals surface area contributed by atoms with E-state index in [2.05, 4.69) is 21.2 Å². The Bertz CT molecular complexity index is 386. The van der Waals surface area contributed by atoms with Crippen molar-refractivity contribution in [2.75, 3.05) is 6.54 Å². The van der Waals surface area contributed by atoms with Gasteiger partial charge in [0, 0.05) is 5.54 Å².